The Kier molecular flexibility index (Phi) is 1.82. The molecule has 0 aliphatic rings. The highest BCUT2D eigenvalue weighted by atomic mass is 31.0. The molecule has 0 saturated carbocycles. The van der Waals surface area contributed by atoms with Gasteiger partial charge in [-0.3, -0.25) is 4.98 Å². The van der Waals surface area contributed by atoms with Crippen LogP contribution in [0.15, 0.2) is 5.80 Å². The molecular weight excluding hydrogens is 129 g/mol. The Bertz CT molecular complexity index is 220. The molecule has 1 heterocycles. The highest BCUT2D eigenvalue weighted by Crippen LogP contribution is 2.13. The second-order valence-corrected chi connectivity index (χ2v) is 3.35. The molecule has 0 bridgehead atoms. The van der Waals surface area contributed by atoms with Gasteiger partial charge in [0.1, 0.15) is 0 Å². The molecule has 0 fully saturated rings. The largest absolute Gasteiger partial charge is 0.253 e. The quantitative estimate of drug-likeness (QED) is 0.538. The van der Waals surface area contributed by atoms with Crippen LogP contribution in [0.5, 0.6) is 0 Å². The molecule has 0 unspecified atom stereocenters. The maximum absolute atomic E-state index is 4.32. The van der Waals surface area contributed by atoms with Crippen molar-refractivity contribution in [2.45, 2.75) is 20.8 Å². The van der Waals surface area contributed by atoms with E-state index in [1.54, 1.807) is 0 Å². The van der Waals surface area contributed by atoms with E-state index in [2.05, 4.69) is 17.7 Å². The minimum Gasteiger partial charge on any atom is -0.253 e. The van der Waals surface area contributed by atoms with Crippen LogP contribution in [0.1, 0.15) is 16.7 Å². The van der Waals surface area contributed by atoms with E-state index in [1.807, 2.05) is 13.8 Å². The summed E-state index contributed by atoms with van der Waals surface area (Å²) in [6, 6.07) is 0. The zero-order valence-corrected chi connectivity index (χ0v) is 6.87. The van der Waals surface area contributed by atoms with Crippen LogP contribution in [0.25, 0.3) is 0 Å². The maximum atomic E-state index is 4.32. The second kappa shape index (κ2) is 2.45. The summed E-state index contributed by atoms with van der Waals surface area (Å²) in [5.74, 6) is 2.19. The first-order valence-electron chi connectivity index (χ1n) is 2.97. The van der Waals surface area contributed by atoms with Crippen molar-refractivity contribution in [3.8, 4) is 0 Å². The van der Waals surface area contributed by atoms with Gasteiger partial charge < -0.3 is 0 Å². The van der Waals surface area contributed by atoms with Crippen molar-refractivity contribution in [2.75, 3.05) is 0 Å². The standard InChI is InChI=1S/C7H10NP/c1-5-4-9-7(3)8-6(5)2/h4H,1-3H3. The van der Waals surface area contributed by atoms with Crippen molar-refractivity contribution in [1.82, 2.24) is 4.98 Å². The van der Waals surface area contributed by atoms with Gasteiger partial charge in [-0.2, -0.15) is 0 Å². The van der Waals surface area contributed by atoms with Gasteiger partial charge in [-0.25, -0.2) is 0 Å². The molecule has 1 aromatic heterocycles. The monoisotopic (exact) mass is 139 g/mol. The molecule has 48 valence electrons. The third kappa shape index (κ3) is 1.49. The Balaban J connectivity index is 3.17. The average molecular weight is 139 g/mol. The van der Waals surface area contributed by atoms with Gasteiger partial charge in [0.2, 0.25) is 0 Å². The second-order valence-electron chi connectivity index (χ2n) is 2.19. The lowest BCUT2D eigenvalue weighted by Crippen LogP contribution is -1.84. The molecule has 0 aromatic carbocycles. The van der Waals surface area contributed by atoms with E-state index in [4.69, 9.17) is 0 Å². The first-order chi connectivity index (χ1) is 4.20. The number of aromatic nitrogens is 1. The van der Waals surface area contributed by atoms with E-state index in [0.29, 0.717) is 0 Å². The van der Waals surface area contributed by atoms with Crippen molar-refractivity contribution in [2.24, 2.45) is 0 Å². The predicted octanol–water partition coefficient (Wildman–Crippen LogP) is 2.59. The van der Waals surface area contributed by atoms with E-state index in [0.717, 1.165) is 5.69 Å². The lowest BCUT2D eigenvalue weighted by molar-refractivity contribution is 1.14. The lowest BCUT2D eigenvalue weighted by Gasteiger charge is -1.96. The molecule has 1 aromatic rings. The Hall–Kier alpha value is -0.420. The summed E-state index contributed by atoms with van der Waals surface area (Å²) in [4.78, 5) is 4.32. The van der Waals surface area contributed by atoms with Crippen LogP contribution in [0.2, 0.25) is 0 Å². The predicted molar refractivity (Wildman–Crippen MR) is 41.0 cm³/mol. The first-order valence-corrected chi connectivity index (χ1v) is 3.93. The van der Waals surface area contributed by atoms with Crippen molar-refractivity contribution in [3.63, 3.8) is 0 Å². The van der Waals surface area contributed by atoms with Crippen LogP contribution < -0.4 is 0 Å². The molecular formula is C7H10NP. The van der Waals surface area contributed by atoms with Gasteiger partial charge in [-0.05, 0) is 32.1 Å². The van der Waals surface area contributed by atoms with E-state index >= 15 is 0 Å². The third-order valence-electron chi connectivity index (χ3n) is 1.35. The highest BCUT2D eigenvalue weighted by Gasteiger charge is 1.91. The van der Waals surface area contributed by atoms with E-state index < -0.39 is 0 Å². The summed E-state index contributed by atoms with van der Waals surface area (Å²) in [7, 11) is 1.25. The van der Waals surface area contributed by atoms with Crippen LogP contribution >= 0.6 is 8.19 Å². The normalized spacial score (nSPS) is 10.6. The van der Waals surface area contributed by atoms with Gasteiger partial charge in [0.05, 0.1) is 5.43 Å². The van der Waals surface area contributed by atoms with Gasteiger partial charge in [0, 0.05) is 5.69 Å². The van der Waals surface area contributed by atoms with Crippen molar-refractivity contribution < 1.29 is 0 Å². The average Bonchev–Trinajstić information content (AvgIpc) is 1.80. The zero-order chi connectivity index (χ0) is 6.85. The van der Waals surface area contributed by atoms with Crippen molar-refractivity contribution in [1.29, 1.82) is 0 Å². The smallest absolute Gasteiger partial charge is 0.0643 e. The van der Waals surface area contributed by atoms with Gasteiger partial charge in [-0.1, -0.05) is 8.19 Å². The van der Waals surface area contributed by atoms with Gasteiger partial charge >= 0.3 is 0 Å². The molecule has 2 heteroatoms. The number of nitrogens with zero attached hydrogens (tertiary/aromatic N) is 1. The zero-order valence-electron chi connectivity index (χ0n) is 5.97. The molecule has 0 radical (unpaired) electrons. The summed E-state index contributed by atoms with van der Waals surface area (Å²) in [5.41, 5.74) is 3.66. The first kappa shape index (κ1) is 6.70. The topological polar surface area (TPSA) is 12.9 Å². The minimum atomic E-state index is 1.16. The Morgan fingerprint density at radius 2 is 2.00 bits per heavy atom. The molecule has 9 heavy (non-hydrogen) atoms. The Morgan fingerprint density at radius 3 is 2.44 bits per heavy atom. The minimum absolute atomic E-state index is 1.16. The molecule has 1 rings (SSSR count). The van der Waals surface area contributed by atoms with Crippen molar-refractivity contribution in [3.05, 3.63) is 22.5 Å². The fourth-order valence-electron chi connectivity index (χ4n) is 0.643. The van der Waals surface area contributed by atoms with Crippen LogP contribution in [-0.4, -0.2) is 4.98 Å². The van der Waals surface area contributed by atoms with Crippen LogP contribution in [0, 0.1) is 20.8 Å². The summed E-state index contributed by atoms with van der Waals surface area (Å²) in [6.07, 6.45) is 0. The maximum Gasteiger partial charge on any atom is 0.0643 e. The van der Waals surface area contributed by atoms with E-state index in [-0.39, 0.29) is 0 Å². The highest BCUT2D eigenvalue weighted by molar-refractivity contribution is 7.29. The molecule has 1 nitrogen and oxygen atoms in total. The summed E-state index contributed by atoms with van der Waals surface area (Å²) in [5, 5.41) is 0. The van der Waals surface area contributed by atoms with E-state index in [1.165, 1.54) is 19.2 Å². The van der Waals surface area contributed by atoms with Crippen LogP contribution in [0.4, 0.5) is 0 Å². The summed E-state index contributed by atoms with van der Waals surface area (Å²) < 4.78 is 0. The summed E-state index contributed by atoms with van der Waals surface area (Å²) in [6.45, 7) is 6.19. The third-order valence-corrected chi connectivity index (χ3v) is 2.34. The molecule has 0 atom stereocenters. The lowest BCUT2D eigenvalue weighted by atomic mass is 10.3. The van der Waals surface area contributed by atoms with Crippen LogP contribution in [-0.2, 0) is 0 Å². The van der Waals surface area contributed by atoms with Gasteiger partial charge in [0.25, 0.3) is 0 Å². The SMILES string of the molecule is Cc1nc(C)c(C)cp1. The number of hydrogen-bond acceptors (Lipinski definition) is 1. The van der Waals surface area contributed by atoms with Gasteiger partial charge in [-0.15, -0.1) is 0 Å². The van der Waals surface area contributed by atoms with Crippen molar-refractivity contribution >= 4 is 8.19 Å². The fraction of sp³-hybridized carbons (Fsp3) is 0.429. The summed E-state index contributed by atoms with van der Waals surface area (Å²) >= 11 is 0. The number of hydrogen-bond donors (Lipinski definition) is 0. The van der Waals surface area contributed by atoms with Gasteiger partial charge in [0.15, 0.2) is 0 Å². The Labute approximate surface area is 57.2 Å². The molecule has 0 N–H and O–H groups in total. The number of rotatable bonds is 0. The molecule has 0 amide bonds. The fourth-order valence-corrected chi connectivity index (χ4v) is 1.42. The molecule has 0 aliphatic heterocycles. The molecule has 0 saturated heterocycles. The molecule has 0 spiro atoms. The molecule has 0 aliphatic carbocycles. The van der Waals surface area contributed by atoms with Crippen LogP contribution in [0.3, 0.4) is 0 Å². The number of aryl methyl sites for hydroxylation is 3. The Morgan fingerprint density at radius 1 is 1.33 bits per heavy atom. The van der Waals surface area contributed by atoms with E-state index in [9.17, 15) is 0 Å².